The van der Waals surface area contributed by atoms with E-state index in [1.165, 1.54) is 81.6 Å². The monoisotopic (exact) mass is 545 g/mol. The molecule has 40 heavy (non-hydrogen) atoms. The Labute approximate surface area is 243 Å². The van der Waals surface area contributed by atoms with Crippen molar-refractivity contribution < 1.29 is 14.3 Å². The normalized spacial score (nSPS) is 18.4. The molecular formula is C36H51NO3. The van der Waals surface area contributed by atoms with Gasteiger partial charge in [0.2, 0.25) is 0 Å². The van der Waals surface area contributed by atoms with Crippen LogP contribution in [0.3, 0.4) is 0 Å². The van der Waals surface area contributed by atoms with Gasteiger partial charge in [0, 0.05) is 0 Å². The largest absolute Gasteiger partial charge is 0.494 e. The maximum Gasteiger partial charge on any atom is 0.325 e. The number of carbonyl (C=O) groups excluding carboxylic acids is 1. The van der Waals surface area contributed by atoms with Crippen molar-refractivity contribution in [2.45, 2.75) is 116 Å². The van der Waals surface area contributed by atoms with E-state index in [4.69, 9.17) is 9.47 Å². The second-order valence-corrected chi connectivity index (χ2v) is 12.0. The number of hydrogen-bond donors (Lipinski definition) is 0. The van der Waals surface area contributed by atoms with E-state index in [0.717, 1.165) is 44.5 Å². The van der Waals surface area contributed by atoms with Gasteiger partial charge in [-0.25, -0.2) is 0 Å². The minimum absolute atomic E-state index is 0.394. The molecule has 0 aromatic heterocycles. The topological polar surface area (TPSA) is 59.3 Å². The fraction of sp³-hybridized carbons (Fsp3) is 0.611. The van der Waals surface area contributed by atoms with E-state index < -0.39 is 11.4 Å². The molecular weight excluding hydrogens is 494 g/mol. The summed E-state index contributed by atoms with van der Waals surface area (Å²) in [6.45, 7) is 4.78. The molecule has 1 atom stereocenters. The molecule has 2 aromatic rings. The van der Waals surface area contributed by atoms with Crippen molar-refractivity contribution in [1.29, 1.82) is 5.26 Å². The van der Waals surface area contributed by atoms with E-state index in [9.17, 15) is 10.1 Å². The Kier molecular flexibility index (Phi) is 13.6. The van der Waals surface area contributed by atoms with Crippen molar-refractivity contribution in [3.63, 3.8) is 0 Å². The molecule has 1 unspecified atom stereocenters. The van der Waals surface area contributed by atoms with Crippen LogP contribution in [0.2, 0.25) is 0 Å². The zero-order valence-electron chi connectivity index (χ0n) is 25.3. The van der Waals surface area contributed by atoms with Crippen LogP contribution < -0.4 is 4.74 Å². The van der Waals surface area contributed by atoms with Gasteiger partial charge < -0.3 is 9.47 Å². The Bertz CT molecular complexity index is 1030. The zero-order chi connectivity index (χ0) is 28.6. The molecule has 0 heterocycles. The fourth-order valence-electron chi connectivity index (χ4n) is 6.15. The highest BCUT2D eigenvalue weighted by Crippen LogP contribution is 2.41. The van der Waals surface area contributed by atoms with Crippen molar-refractivity contribution >= 4 is 5.97 Å². The average molecular weight is 546 g/mol. The van der Waals surface area contributed by atoms with Crippen LogP contribution in [0.1, 0.15) is 122 Å². The molecule has 0 amide bonds. The van der Waals surface area contributed by atoms with Crippen LogP contribution >= 0.6 is 0 Å². The van der Waals surface area contributed by atoms with Crippen LogP contribution in [0.5, 0.6) is 5.75 Å². The number of hydrogen-bond acceptors (Lipinski definition) is 4. The summed E-state index contributed by atoms with van der Waals surface area (Å²) in [4.78, 5) is 12.1. The molecule has 4 nitrogen and oxygen atoms in total. The van der Waals surface area contributed by atoms with E-state index in [2.05, 4.69) is 61.5 Å². The van der Waals surface area contributed by atoms with E-state index >= 15 is 0 Å². The Morgan fingerprint density at radius 3 is 1.88 bits per heavy atom. The Morgan fingerprint density at radius 2 is 1.35 bits per heavy atom. The summed E-state index contributed by atoms with van der Waals surface area (Å²) in [7, 11) is 1.36. The zero-order valence-corrected chi connectivity index (χ0v) is 25.3. The van der Waals surface area contributed by atoms with Crippen LogP contribution in [0.25, 0.3) is 11.1 Å². The summed E-state index contributed by atoms with van der Waals surface area (Å²) < 4.78 is 10.9. The van der Waals surface area contributed by atoms with Crippen molar-refractivity contribution in [1.82, 2.24) is 0 Å². The van der Waals surface area contributed by atoms with E-state index in [-0.39, 0.29) is 0 Å². The van der Waals surface area contributed by atoms with Gasteiger partial charge in [0.05, 0.1) is 19.8 Å². The molecule has 1 saturated carbocycles. The van der Waals surface area contributed by atoms with Crippen molar-refractivity contribution in [3.8, 4) is 22.9 Å². The lowest BCUT2D eigenvalue weighted by atomic mass is 9.72. The van der Waals surface area contributed by atoms with Gasteiger partial charge in [-0.1, -0.05) is 101 Å². The summed E-state index contributed by atoms with van der Waals surface area (Å²) in [6.07, 6.45) is 18.2. The van der Waals surface area contributed by atoms with Gasteiger partial charge in [0.25, 0.3) is 0 Å². The van der Waals surface area contributed by atoms with Gasteiger partial charge in [-0.05, 0) is 86.1 Å². The second kappa shape index (κ2) is 17.1. The van der Waals surface area contributed by atoms with Gasteiger partial charge in [-0.15, -0.1) is 0 Å². The second-order valence-electron chi connectivity index (χ2n) is 12.0. The van der Waals surface area contributed by atoms with Crippen molar-refractivity contribution in [2.24, 2.45) is 11.3 Å². The molecule has 1 aliphatic rings. The standard InChI is InChI=1S/C36H51NO3/c1-4-5-6-7-8-9-10-11-12-13-26-40-34-24-22-33(23-25-34)32-20-18-31(19-21-32)30-16-14-29(15-17-30)27-36(2,28-37)35(38)39-3/h18-25,29-30H,4-17,26-27H2,1-3H3. The Balaban J connectivity index is 1.36. The molecule has 0 N–H and O–H groups in total. The minimum Gasteiger partial charge on any atom is -0.494 e. The molecule has 2 aromatic carbocycles. The predicted octanol–water partition coefficient (Wildman–Crippen LogP) is 10.0. The van der Waals surface area contributed by atoms with Gasteiger partial charge in [0.15, 0.2) is 5.41 Å². The highest BCUT2D eigenvalue weighted by atomic mass is 16.5. The van der Waals surface area contributed by atoms with Crippen molar-refractivity contribution in [3.05, 3.63) is 54.1 Å². The summed E-state index contributed by atoms with van der Waals surface area (Å²) >= 11 is 0. The summed E-state index contributed by atoms with van der Waals surface area (Å²) in [6, 6.07) is 19.7. The number of esters is 1. The summed E-state index contributed by atoms with van der Waals surface area (Å²) in [5, 5.41) is 9.53. The number of carbonyl (C=O) groups is 1. The molecule has 3 rings (SSSR count). The van der Waals surface area contributed by atoms with Crippen LogP contribution in [0.15, 0.2) is 48.5 Å². The van der Waals surface area contributed by atoms with Gasteiger partial charge in [-0.2, -0.15) is 5.26 Å². The molecule has 1 fully saturated rings. The van der Waals surface area contributed by atoms with Gasteiger partial charge in [0.1, 0.15) is 5.75 Å². The third kappa shape index (κ3) is 9.99. The SMILES string of the molecule is CCCCCCCCCCCCOc1ccc(-c2ccc(C3CCC(CC(C)(C#N)C(=O)OC)CC3)cc2)cc1. The Hall–Kier alpha value is -2.80. The number of rotatable bonds is 17. The first-order valence-electron chi connectivity index (χ1n) is 15.8. The van der Waals surface area contributed by atoms with Crippen LogP contribution in [0, 0.1) is 22.7 Å². The number of ether oxygens (including phenoxy) is 2. The quantitative estimate of drug-likeness (QED) is 0.147. The van der Waals surface area contributed by atoms with Gasteiger partial charge >= 0.3 is 5.97 Å². The summed E-state index contributed by atoms with van der Waals surface area (Å²) in [5.74, 6) is 1.47. The maximum absolute atomic E-state index is 12.1. The smallest absolute Gasteiger partial charge is 0.325 e. The first-order chi connectivity index (χ1) is 19.5. The lowest BCUT2D eigenvalue weighted by Crippen LogP contribution is -2.31. The molecule has 218 valence electrons. The highest BCUT2D eigenvalue weighted by molar-refractivity contribution is 5.79. The fourth-order valence-corrected chi connectivity index (χ4v) is 6.15. The van der Waals surface area contributed by atoms with Gasteiger partial charge in [-0.3, -0.25) is 4.79 Å². The molecule has 0 aliphatic heterocycles. The molecule has 4 heteroatoms. The van der Waals surface area contributed by atoms with Crippen molar-refractivity contribution in [2.75, 3.05) is 13.7 Å². The number of unbranched alkanes of at least 4 members (excludes halogenated alkanes) is 9. The summed E-state index contributed by atoms with van der Waals surface area (Å²) in [5.41, 5.74) is 2.78. The lowest BCUT2D eigenvalue weighted by Gasteiger charge is -2.32. The lowest BCUT2D eigenvalue weighted by molar-refractivity contribution is -0.149. The number of methoxy groups -OCH3 is 1. The number of benzene rings is 2. The molecule has 0 saturated heterocycles. The third-order valence-electron chi connectivity index (χ3n) is 8.76. The molecule has 0 radical (unpaired) electrons. The number of nitriles is 1. The molecule has 1 aliphatic carbocycles. The van der Waals surface area contributed by atoms with E-state index in [1.807, 2.05) is 0 Å². The van der Waals surface area contributed by atoms with Crippen LogP contribution in [-0.2, 0) is 9.53 Å². The predicted molar refractivity (Wildman–Crippen MR) is 164 cm³/mol. The minimum atomic E-state index is -1.04. The first-order valence-corrected chi connectivity index (χ1v) is 15.8. The first kappa shape index (κ1) is 31.7. The van der Waals surface area contributed by atoms with Crippen LogP contribution in [0.4, 0.5) is 0 Å². The molecule has 0 bridgehead atoms. The molecule has 0 spiro atoms. The average Bonchev–Trinajstić information content (AvgIpc) is 3.00. The number of nitrogens with zero attached hydrogens (tertiary/aromatic N) is 1. The van der Waals surface area contributed by atoms with E-state index in [0.29, 0.717) is 18.3 Å². The Morgan fingerprint density at radius 1 is 0.825 bits per heavy atom. The third-order valence-corrected chi connectivity index (χ3v) is 8.76. The maximum atomic E-state index is 12.1. The highest BCUT2D eigenvalue weighted by Gasteiger charge is 2.38. The van der Waals surface area contributed by atoms with E-state index in [1.54, 1.807) is 6.92 Å². The van der Waals surface area contributed by atoms with Crippen LogP contribution in [-0.4, -0.2) is 19.7 Å².